The molecule has 110 valence electrons. The van der Waals surface area contributed by atoms with Crippen LogP contribution in [0.25, 0.3) is 0 Å². The van der Waals surface area contributed by atoms with Crippen LogP contribution in [0.1, 0.15) is 19.3 Å². The monoisotopic (exact) mass is 278 g/mol. The van der Waals surface area contributed by atoms with E-state index < -0.39 is 5.60 Å². The predicted molar refractivity (Wildman–Crippen MR) is 74.0 cm³/mol. The van der Waals surface area contributed by atoms with Gasteiger partial charge in [-0.05, 0) is 38.4 Å². The van der Waals surface area contributed by atoms with Gasteiger partial charge in [-0.3, -0.25) is 9.48 Å². The zero-order chi connectivity index (χ0) is 14.0. The number of nitrogens with zero attached hydrogens (tertiary/aromatic N) is 4. The van der Waals surface area contributed by atoms with E-state index in [0.717, 1.165) is 13.1 Å². The molecule has 2 fully saturated rings. The normalized spacial score (nSPS) is 27.4. The molecule has 0 unspecified atom stereocenters. The Morgan fingerprint density at radius 3 is 2.80 bits per heavy atom. The van der Waals surface area contributed by atoms with Gasteiger partial charge in [-0.1, -0.05) is 0 Å². The molecule has 2 saturated heterocycles. The topological polar surface area (TPSA) is 61.6 Å². The minimum atomic E-state index is -0.732. The van der Waals surface area contributed by atoms with Crippen LogP contribution in [0.2, 0.25) is 0 Å². The molecule has 0 spiro atoms. The number of hydrogen-bond acceptors (Lipinski definition) is 4. The van der Waals surface area contributed by atoms with Crippen molar-refractivity contribution in [3.05, 3.63) is 18.5 Å². The van der Waals surface area contributed by atoms with Crippen LogP contribution in [0.15, 0.2) is 18.5 Å². The third-order valence-electron chi connectivity index (χ3n) is 4.26. The molecule has 2 aliphatic heterocycles. The van der Waals surface area contributed by atoms with E-state index in [-0.39, 0.29) is 12.5 Å². The molecule has 6 heteroatoms. The Morgan fingerprint density at radius 1 is 1.30 bits per heavy atom. The largest absolute Gasteiger partial charge is 0.387 e. The minimum absolute atomic E-state index is 0.0334. The first-order valence-electron chi connectivity index (χ1n) is 7.35. The number of aliphatic hydroxyl groups is 1. The minimum Gasteiger partial charge on any atom is -0.387 e. The number of β-amino-alcohol motifs (C(OH)–C–C–N with tert-alkyl or cyclic N) is 1. The quantitative estimate of drug-likeness (QED) is 0.838. The Kier molecular flexibility index (Phi) is 3.76. The van der Waals surface area contributed by atoms with Crippen molar-refractivity contribution < 1.29 is 9.90 Å². The third-order valence-corrected chi connectivity index (χ3v) is 4.26. The molecule has 6 nitrogen and oxygen atoms in total. The highest BCUT2D eigenvalue weighted by Gasteiger charge is 2.39. The lowest BCUT2D eigenvalue weighted by Crippen LogP contribution is -2.45. The summed E-state index contributed by atoms with van der Waals surface area (Å²) in [6.07, 6.45) is 6.57. The van der Waals surface area contributed by atoms with Crippen LogP contribution in [0.5, 0.6) is 0 Å². The fourth-order valence-electron chi connectivity index (χ4n) is 3.19. The molecule has 1 atom stereocenters. The second-order valence-electron chi connectivity index (χ2n) is 5.98. The van der Waals surface area contributed by atoms with Gasteiger partial charge in [0.1, 0.15) is 6.54 Å². The molecule has 1 aromatic rings. The van der Waals surface area contributed by atoms with Crippen LogP contribution in [0, 0.1) is 0 Å². The van der Waals surface area contributed by atoms with E-state index in [1.165, 1.54) is 12.8 Å². The smallest absolute Gasteiger partial charge is 0.244 e. The Morgan fingerprint density at radius 2 is 2.10 bits per heavy atom. The summed E-state index contributed by atoms with van der Waals surface area (Å²) in [6, 6.07) is 1.81. The highest BCUT2D eigenvalue weighted by atomic mass is 16.3. The molecule has 0 aromatic carbocycles. The summed E-state index contributed by atoms with van der Waals surface area (Å²) >= 11 is 0. The number of carbonyl (C=O) groups is 1. The van der Waals surface area contributed by atoms with Gasteiger partial charge >= 0.3 is 0 Å². The highest BCUT2D eigenvalue weighted by molar-refractivity contribution is 5.76. The maximum atomic E-state index is 12.2. The number of carbonyl (C=O) groups excluding carboxylic acids is 1. The molecule has 3 heterocycles. The van der Waals surface area contributed by atoms with E-state index >= 15 is 0 Å². The van der Waals surface area contributed by atoms with Crippen molar-refractivity contribution in [1.29, 1.82) is 0 Å². The molecule has 2 aliphatic rings. The molecule has 1 amide bonds. The van der Waals surface area contributed by atoms with Crippen LogP contribution in [-0.4, -0.2) is 68.9 Å². The number of hydrogen-bond donors (Lipinski definition) is 1. The first kappa shape index (κ1) is 13.6. The maximum Gasteiger partial charge on any atom is 0.244 e. The summed E-state index contributed by atoms with van der Waals surface area (Å²) in [6.45, 7) is 4.19. The average Bonchev–Trinajstić information content (AvgIpc) is 3.12. The molecular formula is C14H22N4O2. The SMILES string of the molecule is O=C(Cn1cccn1)N1CC[C@@](O)(CN2CCCC2)C1. The van der Waals surface area contributed by atoms with Crippen molar-refractivity contribution in [2.45, 2.75) is 31.4 Å². The molecule has 0 bridgehead atoms. The average molecular weight is 278 g/mol. The maximum absolute atomic E-state index is 12.2. The number of amides is 1. The second kappa shape index (κ2) is 5.54. The second-order valence-corrected chi connectivity index (χ2v) is 5.98. The third kappa shape index (κ3) is 3.02. The zero-order valence-corrected chi connectivity index (χ0v) is 11.7. The fraction of sp³-hybridized carbons (Fsp3) is 0.714. The van der Waals surface area contributed by atoms with Crippen LogP contribution >= 0.6 is 0 Å². The molecule has 0 saturated carbocycles. The lowest BCUT2D eigenvalue weighted by molar-refractivity contribution is -0.132. The van der Waals surface area contributed by atoms with Crippen LogP contribution in [0.3, 0.4) is 0 Å². The number of likely N-dealkylation sites (tertiary alicyclic amines) is 2. The molecule has 0 radical (unpaired) electrons. The van der Waals surface area contributed by atoms with Crippen molar-refractivity contribution in [3.8, 4) is 0 Å². The number of aromatic nitrogens is 2. The highest BCUT2D eigenvalue weighted by Crippen LogP contribution is 2.24. The zero-order valence-electron chi connectivity index (χ0n) is 11.7. The Hall–Kier alpha value is -1.40. The molecule has 0 aliphatic carbocycles. The van der Waals surface area contributed by atoms with E-state index in [9.17, 15) is 9.90 Å². The van der Waals surface area contributed by atoms with E-state index in [2.05, 4.69) is 10.00 Å². The van der Waals surface area contributed by atoms with Gasteiger partial charge in [0.05, 0.1) is 12.1 Å². The van der Waals surface area contributed by atoms with Gasteiger partial charge < -0.3 is 14.9 Å². The van der Waals surface area contributed by atoms with E-state index in [0.29, 0.717) is 26.1 Å². The van der Waals surface area contributed by atoms with Gasteiger partial charge in [0.15, 0.2) is 0 Å². The molecule has 20 heavy (non-hydrogen) atoms. The van der Waals surface area contributed by atoms with Crippen LogP contribution in [0.4, 0.5) is 0 Å². The lowest BCUT2D eigenvalue weighted by Gasteiger charge is -2.28. The Balaban J connectivity index is 1.53. The van der Waals surface area contributed by atoms with Gasteiger partial charge in [-0.15, -0.1) is 0 Å². The number of rotatable bonds is 4. The van der Waals surface area contributed by atoms with Crippen LogP contribution in [-0.2, 0) is 11.3 Å². The lowest BCUT2D eigenvalue weighted by atomic mass is 10.0. The predicted octanol–water partition coefficient (Wildman–Crippen LogP) is -0.0577. The Labute approximate surface area is 119 Å². The standard InChI is InChI=1S/C14H22N4O2/c19-13(10-18-8-3-5-15-18)17-9-4-14(20,12-17)11-16-6-1-2-7-16/h3,5,8,20H,1-2,4,6-7,9-12H2/t14-/m1/s1. The molecule has 3 rings (SSSR count). The van der Waals surface area contributed by atoms with Crippen molar-refractivity contribution in [3.63, 3.8) is 0 Å². The molecule has 1 aromatic heterocycles. The fourth-order valence-corrected chi connectivity index (χ4v) is 3.19. The van der Waals surface area contributed by atoms with Gasteiger partial charge in [0, 0.05) is 25.5 Å². The van der Waals surface area contributed by atoms with E-state index in [1.54, 1.807) is 28.0 Å². The van der Waals surface area contributed by atoms with Crippen molar-refractivity contribution in [1.82, 2.24) is 19.6 Å². The van der Waals surface area contributed by atoms with Gasteiger partial charge in [-0.2, -0.15) is 5.10 Å². The molecule has 1 N–H and O–H groups in total. The summed E-state index contributed by atoms with van der Waals surface area (Å²) in [5, 5.41) is 14.7. The van der Waals surface area contributed by atoms with Gasteiger partial charge in [-0.25, -0.2) is 0 Å². The van der Waals surface area contributed by atoms with Gasteiger partial charge in [0.25, 0.3) is 0 Å². The van der Waals surface area contributed by atoms with Gasteiger partial charge in [0.2, 0.25) is 5.91 Å². The molecular weight excluding hydrogens is 256 g/mol. The summed E-state index contributed by atoms with van der Waals surface area (Å²) < 4.78 is 1.63. The van der Waals surface area contributed by atoms with Crippen molar-refractivity contribution in [2.24, 2.45) is 0 Å². The summed E-state index contributed by atoms with van der Waals surface area (Å²) in [5.41, 5.74) is -0.732. The van der Waals surface area contributed by atoms with Crippen LogP contribution < -0.4 is 0 Å². The summed E-state index contributed by atoms with van der Waals surface area (Å²) in [4.78, 5) is 16.2. The van der Waals surface area contributed by atoms with E-state index in [4.69, 9.17) is 0 Å². The Bertz CT molecular complexity index is 456. The van der Waals surface area contributed by atoms with Crippen molar-refractivity contribution >= 4 is 5.91 Å². The first-order chi connectivity index (χ1) is 9.65. The van der Waals surface area contributed by atoms with Crippen molar-refractivity contribution in [2.75, 3.05) is 32.7 Å². The van der Waals surface area contributed by atoms with E-state index in [1.807, 2.05) is 0 Å². The summed E-state index contributed by atoms with van der Waals surface area (Å²) in [5.74, 6) is 0.0334. The summed E-state index contributed by atoms with van der Waals surface area (Å²) in [7, 11) is 0. The first-order valence-corrected chi connectivity index (χ1v) is 7.35.